The second-order valence-electron chi connectivity index (χ2n) is 5.09. The Morgan fingerprint density at radius 3 is 2.74 bits per heavy atom. The standard InChI is InChI=1S/C14H15FN2O2/c15-10-7-12-13(18)16-11(14(19)17(12)8-10)6-9-4-2-1-3-5-9/h1-5,10-12H,6-8H2,(H,16,18)/t10-,11-,12-/m1/s1. The van der Waals surface area contributed by atoms with Gasteiger partial charge in [0.05, 0.1) is 6.54 Å². The number of rotatable bonds is 2. The van der Waals surface area contributed by atoms with Crippen LogP contribution in [0, 0.1) is 0 Å². The summed E-state index contributed by atoms with van der Waals surface area (Å²) in [4.78, 5) is 25.5. The van der Waals surface area contributed by atoms with Gasteiger partial charge < -0.3 is 10.2 Å². The first kappa shape index (κ1) is 12.1. The Morgan fingerprint density at radius 2 is 2.00 bits per heavy atom. The van der Waals surface area contributed by atoms with Crippen LogP contribution in [0.1, 0.15) is 12.0 Å². The van der Waals surface area contributed by atoms with Crippen LogP contribution in [-0.2, 0) is 16.0 Å². The molecule has 0 unspecified atom stereocenters. The van der Waals surface area contributed by atoms with Crippen LogP contribution in [-0.4, -0.2) is 41.5 Å². The molecule has 1 N–H and O–H groups in total. The average Bonchev–Trinajstić information content (AvgIpc) is 2.80. The molecule has 4 nitrogen and oxygen atoms in total. The second-order valence-corrected chi connectivity index (χ2v) is 5.09. The van der Waals surface area contributed by atoms with Crippen LogP contribution >= 0.6 is 0 Å². The number of nitrogens with zero attached hydrogens (tertiary/aromatic N) is 1. The summed E-state index contributed by atoms with van der Waals surface area (Å²) in [5.41, 5.74) is 0.982. The summed E-state index contributed by atoms with van der Waals surface area (Å²) in [5, 5.41) is 2.71. The quantitative estimate of drug-likeness (QED) is 0.851. The lowest BCUT2D eigenvalue weighted by Gasteiger charge is -2.34. The van der Waals surface area contributed by atoms with Gasteiger partial charge in [0, 0.05) is 12.8 Å². The number of benzene rings is 1. The summed E-state index contributed by atoms with van der Waals surface area (Å²) in [5.74, 6) is -0.408. The van der Waals surface area contributed by atoms with Gasteiger partial charge in [-0.1, -0.05) is 30.3 Å². The summed E-state index contributed by atoms with van der Waals surface area (Å²) in [6.45, 7) is 0.0439. The van der Waals surface area contributed by atoms with Gasteiger partial charge in [0.25, 0.3) is 0 Å². The third-order valence-electron chi connectivity index (χ3n) is 3.73. The summed E-state index contributed by atoms with van der Waals surface area (Å²) < 4.78 is 13.4. The minimum Gasteiger partial charge on any atom is -0.342 e. The molecule has 3 rings (SSSR count). The van der Waals surface area contributed by atoms with Crippen molar-refractivity contribution in [3.8, 4) is 0 Å². The minimum absolute atomic E-state index is 0.0439. The van der Waals surface area contributed by atoms with Crippen molar-refractivity contribution >= 4 is 11.8 Å². The largest absolute Gasteiger partial charge is 0.342 e. The molecule has 2 heterocycles. The number of alkyl halides is 1. The molecule has 0 aliphatic carbocycles. The Kier molecular flexibility index (Phi) is 2.97. The molecule has 2 fully saturated rings. The van der Waals surface area contributed by atoms with Gasteiger partial charge in [-0.25, -0.2) is 4.39 Å². The number of halogens is 1. The zero-order valence-corrected chi connectivity index (χ0v) is 10.4. The van der Waals surface area contributed by atoms with Crippen LogP contribution in [0.3, 0.4) is 0 Å². The predicted octanol–water partition coefficient (Wildman–Crippen LogP) is 0.666. The number of hydrogen-bond acceptors (Lipinski definition) is 2. The number of carbonyl (C=O) groups is 2. The van der Waals surface area contributed by atoms with Gasteiger partial charge >= 0.3 is 0 Å². The maximum Gasteiger partial charge on any atom is 0.246 e. The fourth-order valence-corrected chi connectivity index (χ4v) is 2.79. The summed E-state index contributed by atoms with van der Waals surface area (Å²) >= 11 is 0. The van der Waals surface area contributed by atoms with E-state index in [0.717, 1.165) is 5.56 Å². The summed E-state index contributed by atoms with van der Waals surface area (Å²) in [7, 11) is 0. The Morgan fingerprint density at radius 1 is 1.26 bits per heavy atom. The first-order valence-corrected chi connectivity index (χ1v) is 6.44. The van der Waals surface area contributed by atoms with E-state index in [4.69, 9.17) is 0 Å². The highest BCUT2D eigenvalue weighted by Gasteiger charge is 2.46. The number of fused-ring (bicyclic) bond motifs is 1. The highest BCUT2D eigenvalue weighted by atomic mass is 19.1. The zero-order chi connectivity index (χ0) is 13.4. The summed E-state index contributed by atoms with van der Waals surface area (Å²) in [6, 6.07) is 8.31. The molecule has 5 heteroatoms. The molecule has 2 amide bonds. The molecule has 0 radical (unpaired) electrons. The van der Waals surface area contributed by atoms with Gasteiger partial charge in [0.1, 0.15) is 18.3 Å². The molecule has 2 aliphatic rings. The van der Waals surface area contributed by atoms with Crippen molar-refractivity contribution in [2.45, 2.75) is 31.1 Å². The first-order valence-electron chi connectivity index (χ1n) is 6.44. The molecule has 2 saturated heterocycles. The van der Waals surface area contributed by atoms with Crippen molar-refractivity contribution in [3.05, 3.63) is 35.9 Å². The van der Waals surface area contributed by atoms with E-state index in [2.05, 4.69) is 5.32 Å². The fourth-order valence-electron chi connectivity index (χ4n) is 2.79. The van der Waals surface area contributed by atoms with Crippen molar-refractivity contribution in [2.75, 3.05) is 6.54 Å². The average molecular weight is 262 g/mol. The lowest BCUT2D eigenvalue weighted by molar-refractivity contribution is -0.147. The maximum atomic E-state index is 13.4. The molecule has 0 spiro atoms. The molecule has 100 valence electrons. The fraction of sp³-hybridized carbons (Fsp3) is 0.429. The van der Waals surface area contributed by atoms with E-state index in [9.17, 15) is 14.0 Å². The van der Waals surface area contributed by atoms with Crippen LogP contribution in [0.15, 0.2) is 30.3 Å². The number of hydrogen-bond donors (Lipinski definition) is 1. The van der Waals surface area contributed by atoms with E-state index in [0.29, 0.717) is 6.42 Å². The lowest BCUT2D eigenvalue weighted by atomic mass is 10.0. The van der Waals surface area contributed by atoms with E-state index in [1.807, 2.05) is 30.3 Å². The molecule has 0 aromatic heterocycles. The van der Waals surface area contributed by atoms with Crippen molar-refractivity contribution in [2.24, 2.45) is 0 Å². The maximum absolute atomic E-state index is 13.4. The van der Waals surface area contributed by atoms with Crippen LogP contribution in [0.25, 0.3) is 0 Å². The van der Waals surface area contributed by atoms with Crippen LogP contribution < -0.4 is 5.32 Å². The van der Waals surface area contributed by atoms with Crippen molar-refractivity contribution < 1.29 is 14.0 Å². The van der Waals surface area contributed by atoms with Crippen LogP contribution in [0.5, 0.6) is 0 Å². The number of nitrogens with one attached hydrogen (secondary N) is 1. The van der Waals surface area contributed by atoms with Gasteiger partial charge in [-0.3, -0.25) is 9.59 Å². The van der Waals surface area contributed by atoms with Crippen LogP contribution in [0.4, 0.5) is 4.39 Å². The van der Waals surface area contributed by atoms with Gasteiger partial charge in [-0.05, 0) is 5.56 Å². The summed E-state index contributed by atoms with van der Waals surface area (Å²) in [6.07, 6.45) is -0.517. The Balaban J connectivity index is 1.77. The molecule has 0 saturated carbocycles. The number of piperazine rings is 1. The lowest BCUT2D eigenvalue weighted by Crippen LogP contribution is -2.61. The first-order chi connectivity index (χ1) is 9.15. The normalized spacial score (nSPS) is 30.2. The Bertz CT molecular complexity index is 505. The number of amides is 2. The Labute approximate surface area is 110 Å². The van der Waals surface area contributed by atoms with Gasteiger partial charge in [-0.15, -0.1) is 0 Å². The molecule has 3 atom stereocenters. The molecule has 2 aliphatic heterocycles. The van der Waals surface area contributed by atoms with E-state index >= 15 is 0 Å². The third kappa shape index (κ3) is 2.20. The van der Waals surface area contributed by atoms with Gasteiger partial charge in [0.2, 0.25) is 11.8 Å². The highest BCUT2D eigenvalue weighted by Crippen LogP contribution is 2.25. The van der Waals surface area contributed by atoms with E-state index in [1.54, 1.807) is 0 Å². The van der Waals surface area contributed by atoms with Crippen molar-refractivity contribution in [1.29, 1.82) is 0 Å². The van der Waals surface area contributed by atoms with Crippen molar-refractivity contribution in [3.63, 3.8) is 0 Å². The number of carbonyl (C=O) groups excluding carboxylic acids is 2. The molecular formula is C14H15FN2O2. The molecular weight excluding hydrogens is 247 g/mol. The van der Waals surface area contributed by atoms with E-state index in [-0.39, 0.29) is 24.8 Å². The monoisotopic (exact) mass is 262 g/mol. The van der Waals surface area contributed by atoms with Crippen LogP contribution in [0.2, 0.25) is 0 Å². The zero-order valence-electron chi connectivity index (χ0n) is 10.4. The molecule has 1 aromatic carbocycles. The predicted molar refractivity (Wildman–Crippen MR) is 67.1 cm³/mol. The smallest absolute Gasteiger partial charge is 0.246 e. The van der Waals surface area contributed by atoms with E-state index in [1.165, 1.54) is 4.90 Å². The second kappa shape index (κ2) is 4.64. The van der Waals surface area contributed by atoms with E-state index < -0.39 is 18.3 Å². The SMILES string of the molecule is O=C1N[C@H](Cc2ccccc2)C(=O)N2C[C@H](F)C[C@H]12. The highest BCUT2D eigenvalue weighted by molar-refractivity contribution is 5.97. The molecule has 0 bridgehead atoms. The molecule has 1 aromatic rings. The topological polar surface area (TPSA) is 49.4 Å². The van der Waals surface area contributed by atoms with Crippen molar-refractivity contribution in [1.82, 2.24) is 10.2 Å². The third-order valence-corrected chi connectivity index (χ3v) is 3.73. The minimum atomic E-state index is -1.09. The van der Waals surface area contributed by atoms with Gasteiger partial charge in [-0.2, -0.15) is 0 Å². The van der Waals surface area contributed by atoms with Gasteiger partial charge in [0.15, 0.2) is 0 Å². The Hall–Kier alpha value is -1.91. The molecule has 19 heavy (non-hydrogen) atoms.